The van der Waals surface area contributed by atoms with Crippen molar-refractivity contribution in [3.05, 3.63) is 29.3 Å². The molecule has 1 aliphatic rings. The quantitative estimate of drug-likeness (QED) is 0.807. The highest BCUT2D eigenvalue weighted by molar-refractivity contribution is 8.00. The predicted molar refractivity (Wildman–Crippen MR) is 99.5 cm³/mol. The van der Waals surface area contributed by atoms with Crippen molar-refractivity contribution in [1.82, 2.24) is 15.5 Å². The summed E-state index contributed by atoms with van der Waals surface area (Å²) in [5.41, 5.74) is 3.22. The van der Waals surface area contributed by atoms with Gasteiger partial charge in [0.15, 0.2) is 0 Å². The highest BCUT2D eigenvalue weighted by Gasteiger charge is 2.22. The second kappa shape index (κ2) is 8.04. The standard InChI is InChI=1S/C19H25N3O2S/c1-12-9-13(2)11-15(10-12)18-21-22-19(24-18)25-14(3)17(23)20-16-7-5-4-6-8-16/h9-11,14,16H,4-8H2,1-3H3,(H,20,23)/t14-/m1/s1. The van der Waals surface area contributed by atoms with Crippen molar-refractivity contribution in [1.29, 1.82) is 0 Å². The molecular weight excluding hydrogens is 334 g/mol. The summed E-state index contributed by atoms with van der Waals surface area (Å²) in [6.45, 7) is 5.96. The van der Waals surface area contributed by atoms with Crippen LogP contribution in [0, 0.1) is 13.8 Å². The first-order chi connectivity index (χ1) is 12.0. The number of aromatic nitrogens is 2. The van der Waals surface area contributed by atoms with Gasteiger partial charge in [0.25, 0.3) is 5.22 Å². The van der Waals surface area contributed by atoms with Crippen LogP contribution in [-0.4, -0.2) is 27.4 Å². The van der Waals surface area contributed by atoms with E-state index in [1.165, 1.54) is 31.0 Å². The molecule has 1 heterocycles. The molecule has 1 atom stereocenters. The molecule has 1 saturated carbocycles. The van der Waals surface area contributed by atoms with E-state index in [1.807, 2.05) is 32.9 Å². The molecule has 5 nitrogen and oxygen atoms in total. The summed E-state index contributed by atoms with van der Waals surface area (Å²) in [6.07, 6.45) is 5.85. The molecule has 3 rings (SSSR count). The van der Waals surface area contributed by atoms with E-state index >= 15 is 0 Å². The van der Waals surface area contributed by atoms with Gasteiger partial charge in [-0.25, -0.2) is 0 Å². The number of nitrogens with one attached hydrogen (secondary N) is 1. The topological polar surface area (TPSA) is 68.0 Å². The number of nitrogens with zero attached hydrogens (tertiary/aromatic N) is 2. The molecule has 134 valence electrons. The van der Waals surface area contributed by atoms with Crippen molar-refractivity contribution >= 4 is 17.7 Å². The predicted octanol–water partition coefficient (Wildman–Crippen LogP) is 4.28. The van der Waals surface area contributed by atoms with E-state index in [-0.39, 0.29) is 11.2 Å². The molecule has 25 heavy (non-hydrogen) atoms. The zero-order valence-corrected chi connectivity index (χ0v) is 15.9. The number of carbonyl (C=O) groups is 1. The fourth-order valence-corrected chi connectivity index (χ4v) is 3.93. The minimum Gasteiger partial charge on any atom is -0.411 e. The molecule has 0 spiro atoms. The third-order valence-electron chi connectivity index (χ3n) is 4.47. The lowest BCUT2D eigenvalue weighted by molar-refractivity contribution is -0.121. The van der Waals surface area contributed by atoms with Gasteiger partial charge >= 0.3 is 0 Å². The summed E-state index contributed by atoms with van der Waals surface area (Å²) in [5, 5.41) is 11.5. The average molecular weight is 359 g/mol. The van der Waals surface area contributed by atoms with Crippen molar-refractivity contribution in [3.8, 4) is 11.5 Å². The normalized spacial score (nSPS) is 16.6. The van der Waals surface area contributed by atoms with Gasteiger partial charge in [-0.2, -0.15) is 0 Å². The van der Waals surface area contributed by atoms with Gasteiger partial charge in [-0.3, -0.25) is 4.79 Å². The van der Waals surface area contributed by atoms with E-state index in [1.54, 1.807) is 0 Å². The molecule has 0 aliphatic heterocycles. The third-order valence-corrected chi connectivity index (χ3v) is 5.41. The molecule has 1 N–H and O–H groups in total. The third kappa shape index (κ3) is 4.84. The van der Waals surface area contributed by atoms with Gasteiger partial charge in [0.1, 0.15) is 0 Å². The van der Waals surface area contributed by atoms with Crippen LogP contribution in [0.3, 0.4) is 0 Å². The van der Waals surface area contributed by atoms with Crippen molar-refractivity contribution in [2.45, 2.75) is 69.4 Å². The maximum atomic E-state index is 12.4. The van der Waals surface area contributed by atoms with Crippen LogP contribution in [0.15, 0.2) is 27.8 Å². The maximum absolute atomic E-state index is 12.4. The molecule has 1 fully saturated rings. The van der Waals surface area contributed by atoms with Gasteiger partial charge in [-0.1, -0.05) is 48.2 Å². The van der Waals surface area contributed by atoms with Crippen LogP contribution in [0.5, 0.6) is 0 Å². The molecule has 1 aromatic carbocycles. The Labute approximate surface area is 153 Å². The first-order valence-electron chi connectivity index (χ1n) is 8.90. The van der Waals surface area contributed by atoms with Crippen LogP contribution in [0.2, 0.25) is 0 Å². The summed E-state index contributed by atoms with van der Waals surface area (Å²) in [6, 6.07) is 6.47. The van der Waals surface area contributed by atoms with Crippen LogP contribution in [0.4, 0.5) is 0 Å². The number of thioether (sulfide) groups is 1. The van der Waals surface area contributed by atoms with Crippen molar-refractivity contribution in [2.75, 3.05) is 0 Å². The Morgan fingerprint density at radius 1 is 1.16 bits per heavy atom. The Hall–Kier alpha value is -1.82. The molecule has 1 amide bonds. The Bertz CT molecular complexity index is 718. The lowest BCUT2D eigenvalue weighted by Gasteiger charge is -2.23. The minimum absolute atomic E-state index is 0.0445. The van der Waals surface area contributed by atoms with Gasteiger partial charge in [0.2, 0.25) is 11.8 Å². The van der Waals surface area contributed by atoms with Gasteiger partial charge in [0, 0.05) is 11.6 Å². The largest absolute Gasteiger partial charge is 0.411 e. The Morgan fingerprint density at radius 3 is 2.52 bits per heavy atom. The molecule has 0 saturated heterocycles. The van der Waals surface area contributed by atoms with Gasteiger partial charge in [-0.15, -0.1) is 10.2 Å². The Kier molecular flexibility index (Phi) is 5.78. The lowest BCUT2D eigenvalue weighted by Crippen LogP contribution is -2.40. The highest BCUT2D eigenvalue weighted by Crippen LogP contribution is 2.27. The maximum Gasteiger partial charge on any atom is 0.277 e. The second-order valence-corrected chi connectivity index (χ2v) is 8.15. The first kappa shape index (κ1) is 18.0. The Balaban J connectivity index is 1.61. The number of benzene rings is 1. The van der Waals surface area contributed by atoms with Crippen molar-refractivity contribution in [3.63, 3.8) is 0 Å². The molecule has 1 aliphatic carbocycles. The number of hydrogen-bond acceptors (Lipinski definition) is 5. The molecular formula is C19H25N3O2S. The first-order valence-corrected chi connectivity index (χ1v) is 9.78. The molecule has 6 heteroatoms. The summed E-state index contributed by atoms with van der Waals surface area (Å²) in [7, 11) is 0. The molecule has 0 unspecified atom stereocenters. The zero-order valence-electron chi connectivity index (χ0n) is 15.0. The van der Waals surface area contributed by atoms with E-state index < -0.39 is 0 Å². The number of rotatable bonds is 5. The molecule has 0 bridgehead atoms. The molecule has 2 aromatic rings. The van der Waals surface area contributed by atoms with E-state index in [4.69, 9.17) is 4.42 Å². The minimum atomic E-state index is -0.255. The van der Waals surface area contributed by atoms with Crippen molar-refractivity contribution < 1.29 is 9.21 Å². The fourth-order valence-electron chi connectivity index (χ4n) is 3.24. The van der Waals surface area contributed by atoms with Gasteiger partial charge in [0.05, 0.1) is 5.25 Å². The highest BCUT2D eigenvalue weighted by atomic mass is 32.2. The summed E-state index contributed by atoms with van der Waals surface area (Å²) >= 11 is 1.31. The summed E-state index contributed by atoms with van der Waals surface area (Å²) in [5.74, 6) is 0.539. The second-order valence-electron chi connectivity index (χ2n) is 6.85. The SMILES string of the molecule is Cc1cc(C)cc(-c2nnc(S[C@H](C)C(=O)NC3CCCCC3)o2)c1. The molecule has 0 radical (unpaired) electrons. The van der Waals surface area contributed by atoms with Crippen LogP contribution in [0.25, 0.3) is 11.5 Å². The van der Waals surface area contributed by atoms with Crippen LogP contribution in [-0.2, 0) is 4.79 Å². The Morgan fingerprint density at radius 2 is 1.84 bits per heavy atom. The van der Waals surface area contributed by atoms with Crippen LogP contribution < -0.4 is 5.32 Å². The van der Waals surface area contributed by atoms with Crippen molar-refractivity contribution in [2.24, 2.45) is 0 Å². The van der Waals surface area contributed by atoms with E-state index in [2.05, 4.69) is 21.6 Å². The van der Waals surface area contributed by atoms with Gasteiger partial charge < -0.3 is 9.73 Å². The zero-order chi connectivity index (χ0) is 17.8. The molecule has 1 aromatic heterocycles. The number of carbonyl (C=O) groups excluding carboxylic acids is 1. The summed E-state index contributed by atoms with van der Waals surface area (Å²) in [4.78, 5) is 12.4. The monoisotopic (exact) mass is 359 g/mol. The number of hydrogen-bond donors (Lipinski definition) is 1. The lowest BCUT2D eigenvalue weighted by atomic mass is 9.95. The van der Waals surface area contributed by atoms with Crippen LogP contribution in [0.1, 0.15) is 50.2 Å². The van der Waals surface area contributed by atoms with E-state index in [0.29, 0.717) is 17.2 Å². The number of amides is 1. The van der Waals surface area contributed by atoms with E-state index in [9.17, 15) is 4.79 Å². The summed E-state index contributed by atoms with van der Waals surface area (Å²) < 4.78 is 5.75. The average Bonchev–Trinajstić information content (AvgIpc) is 3.03. The smallest absolute Gasteiger partial charge is 0.277 e. The van der Waals surface area contributed by atoms with Crippen LogP contribution >= 0.6 is 11.8 Å². The van der Waals surface area contributed by atoms with E-state index in [0.717, 1.165) is 29.5 Å². The van der Waals surface area contributed by atoms with Gasteiger partial charge in [-0.05, 0) is 45.7 Å². The number of aryl methyl sites for hydroxylation is 2. The fraction of sp³-hybridized carbons (Fsp3) is 0.526.